The summed E-state index contributed by atoms with van der Waals surface area (Å²) in [6, 6.07) is 9.08. The number of rotatable bonds is 2. The van der Waals surface area contributed by atoms with Crippen molar-refractivity contribution in [2.24, 2.45) is 7.05 Å². The topological polar surface area (TPSA) is 66.3 Å². The quantitative estimate of drug-likeness (QED) is 0.744. The highest BCUT2D eigenvalue weighted by molar-refractivity contribution is 5.93. The van der Waals surface area contributed by atoms with E-state index in [9.17, 15) is 4.79 Å². The Morgan fingerprint density at radius 1 is 1.07 bits per heavy atom. The fourth-order valence-corrected chi connectivity index (χ4v) is 4.43. The zero-order chi connectivity index (χ0) is 19.3. The molecule has 146 valence electrons. The summed E-state index contributed by atoms with van der Waals surface area (Å²) >= 11 is 0. The Kier molecular flexibility index (Phi) is 4.05. The van der Waals surface area contributed by atoms with Crippen LogP contribution in [-0.4, -0.2) is 62.8 Å². The molecule has 2 unspecified atom stereocenters. The Hall–Kier alpha value is -2.93. The Bertz CT molecular complexity index is 1040. The van der Waals surface area contributed by atoms with Gasteiger partial charge >= 0.3 is 6.03 Å². The van der Waals surface area contributed by atoms with Crippen LogP contribution in [0.2, 0.25) is 0 Å². The molecule has 2 bridgehead atoms. The van der Waals surface area contributed by atoms with Crippen LogP contribution in [-0.2, 0) is 7.05 Å². The van der Waals surface area contributed by atoms with E-state index in [0.29, 0.717) is 17.9 Å². The van der Waals surface area contributed by atoms with Gasteiger partial charge in [-0.3, -0.25) is 14.9 Å². The average molecular weight is 378 g/mol. The van der Waals surface area contributed by atoms with Crippen molar-refractivity contribution in [2.45, 2.75) is 24.9 Å². The fraction of sp³-hybridized carbons (Fsp3) is 0.381. The van der Waals surface area contributed by atoms with E-state index >= 15 is 0 Å². The van der Waals surface area contributed by atoms with Gasteiger partial charge in [0.1, 0.15) is 5.82 Å². The number of carbonyl (C=O) groups is 1. The summed E-state index contributed by atoms with van der Waals surface area (Å²) in [5, 5.41) is 9.33. The number of pyridine rings is 1. The second-order valence-electron chi connectivity index (χ2n) is 7.92. The zero-order valence-corrected chi connectivity index (χ0v) is 16.2. The fourth-order valence-electron chi connectivity index (χ4n) is 4.43. The maximum atomic E-state index is 12.8. The summed E-state index contributed by atoms with van der Waals surface area (Å²) < 4.78 is 1.79. The number of likely N-dealkylation sites (tertiary alicyclic amines) is 1. The molecule has 2 fully saturated rings. The average Bonchev–Trinajstić information content (AvgIpc) is 3.19. The molecule has 28 heavy (non-hydrogen) atoms. The minimum absolute atomic E-state index is 0. The molecule has 0 spiro atoms. The first-order chi connectivity index (χ1) is 13.6. The number of aromatic nitrogens is 3. The molecular formula is C21H26N6O. The molecule has 7 heteroatoms. The van der Waals surface area contributed by atoms with Crippen LogP contribution < -0.4 is 5.32 Å². The standard InChI is InChI=1S/C21H24N6O.H2/c1-25-11-17(10-23-25)14-3-4-15-9-22-20(8-16(15)7-14)24-21(28)27-12-18-5-6-19(13-27)26(18)2;/h3-4,7-11,18-19H,5-6,12-13H2,1-2H3,(H,22,24,28);1H. The summed E-state index contributed by atoms with van der Waals surface area (Å²) in [6.07, 6.45) is 8.01. The van der Waals surface area contributed by atoms with Gasteiger partial charge in [0.25, 0.3) is 0 Å². The molecule has 2 saturated heterocycles. The number of piperazine rings is 1. The molecule has 5 rings (SSSR count). The molecule has 1 N–H and O–H groups in total. The molecule has 7 nitrogen and oxygen atoms in total. The number of hydrogen-bond donors (Lipinski definition) is 1. The number of urea groups is 1. The van der Waals surface area contributed by atoms with Crippen molar-refractivity contribution in [1.82, 2.24) is 24.6 Å². The van der Waals surface area contributed by atoms with E-state index < -0.39 is 0 Å². The van der Waals surface area contributed by atoms with E-state index in [1.165, 1.54) is 12.8 Å². The number of anilines is 1. The van der Waals surface area contributed by atoms with Gasteiger partial charge in [0.2, 0.25) is 0 Å². The first-order valence-electron chi connectivity index (χ1n) is 9.73. The number of benzene rings is 1. The van der Waals surface area contributed by atoms with Crippen molar-refractivity contribution < 1.29 is 6.22 Å². The van der Waals surface area contributed by atoms with Gasteiger partial charge in [-0.15, -0.1) is 0 Å². The summed E-state index contributed by atoms with van der Waals surface area (Å²) in [5.41, 5.74) is 2.17. The number of carbonyl (C=O) groups excluding carboxylic acids is 1. The third-order valence-electron chi connectivity index (χ3n) is 6.13. The molecule has 0 aliphatic carbocycles. The normalized spacial score (nSPS) is 22.0. The van der Waals surface area contributed by atoms with Crippen molar-refractivity contribution in [3.05, 3.63) is 42.9 Å². The largest absolute Gasteiger partial charge is 0.323 e. The first-order valence-corrected chi connectivity index (χ1v) is 9.73. The van der Waals surface area contributed by atoms with Crippen LogP contribution in [0, 0.1) is 0 Å². The van der Waals surface area contributed by atoms with E-state index in [-0.39, 0.29) is 7.46 Å². The molecule has 3 aromatic rings. The summed E-state index contributed by atoms with van der Waals surface area (Å²) in [4.78, 5) is 21.5. The van der Waals surface area contributed by atoms with Gasteiger partial charge < -0.3 is 4.90 Å². The van der Waals surface area contributed by atoms with Gasteiger partial charge in [-0.1, -0.05) is 12.1 Å². The van der Waals surface area contributed by atoms with Gasteiger partial charge in [-0.05, 0) is 43.0 Å². The van der Waals surface area contributed by atoms with E-state index in [0.717, 1.165) is 35.0 Å². The summed E-state index contributed by atoms with van der Waals surface area (Å²) in [6.45, 7) is 1.58. The van der Waals surface area contributed by atoms with E-state index in [1.54, 1.807) is 4.68 Å². The van der Waals surface area contributed by atoms with Crippen molar-refractivity contribution >= 4 is 22.6 Å². The Labute approximate surface area is 165 Å². The SMILES string of the molecule is CN1C2CCC1CN(C(=O)Nc1cc3cc(-c4cnn(C)c4)ccc3cn1)C2.[HH]. The third kappa shape index (κ3) is 3.01. The van der Waals surface area contributed by atoms with Crippen molar-refractivity contribution in [3.63, 3.8) is 0 Å². The number of hydrogen-bond acceptors (Lipinski definition) is 4. The minimum Gasteiger partial charge on any atom is -0.321 e. The van der Waals surface area contributed by atoms with Crippen LogP contribution in [0.25, 0.3) is 21.9 Å². The molecule has 2 atom stereocenters. The van der Waals surface area contributed by atoms with Crippen LogP contribution in [0.4, 0.5) is 10.6 Å². The number of likely N-dealkylation sites (N-methyl/N-ethyl adjacent to an activating group) is 1. The smallest absolute Gasteiger partial charge is 0.321 e. The van der Waals surface area contributed by atoms with Gasteiger partial charge in [0, 0.05) is 57.0 Å². The predicted octanol–water partition coefficient (Wildman–Crippen LogP) is 3.19. The second-order valence-corrected chi connectivity index (χ2v) is 7.92. The van der Waals surface area contributed by atoms with Crippen molar-refractivity contribution in [2.75, 3.05) is 25.5 Å². The number of fused-ring (bicyclic) bond motifs is 3. The van der Waals surface area contributed by atoms with Crippen LogP contribution in [0.5, 0.6) is 0 Å². The van der Waals surface area contributed by atoms with Crippen LogP contribution >= 0.6 is 0 Å². The molecular weight excluding hydrogens is 352 g/mol. The van der Waals surface area contributed by atoms with Crippen molar-refractivity contribution in [3.8, 4) is 11.1 Å². The predicted molar refractivity (Wildman–Crippen MR) is 111 cm³/mol. The van der Waals surface area contributed by atoms with Crippen LogP contribution in [0.15, 0.2) is 42.9 Å². The van der Waals surface area contributed by atoms with E-state index in [4.69, 9.17) is 0 Å². The lowest BCUT2D eigenvalue weighted by Gasteiger charge is -2.38. The molecule has 2 aliphatic heterocycles. The number of amides is 2. The lowest BCUT2D eigenvalue weighted by Crippen LogP contribution is -2.54. The maximum absolute atomic E-state index is 12.8. The Morgan fingerprint density at radius 3 is 2.57 bits per heavy atom. The number of aryl methyl sites for hydroxylation is 1. The third-order valence-corrected chi connectivity index (χ3v) is 6.13. The second kappa shape index (κ2) is 6.60. The zero-order valence-electron chi connectivity index (χ0n) is 16.2. The number of nitrogens with zero attached hydrogens (tertiary/aromatic N) is 5. The monoisotopic (exact) mass is 378 g/mol. The first kappa shape index (κ1) is 17.2. The highest BCUT2D eigenvalue weighted by Crippen LogP contribution is 2.29. The molecule has 0 saturated carbocycles. The van der Waals surface area contributed by atoms with Gasteiger partial charge in [-0.2, -0.15) is 5.10 Å². The van der Waals surface area contributed by atoms with Crippen molar-refractivity contribution in [1.29, 1.82) is 0 Å². The van der Waals surface area contributed by atoms with E-state index in [1.807, 2.05) is 36.6 Å². The lowest BCUT2D eigenvalue weighted by atomic mass is 10.1. The Morgan fingerprint density at radius 2 is 1.86 bits per heavy atom. The highest BCUT2D eigenvalue weighted by Gasteiger charge is 2.39. The van der Waals surface area contributed by atoms with Gasteiger partial charge in [0.15, 0.2) is 0 Å². The Balaban J connectivity index is 0.00000205. The summed E-state index contributed by atoms with van der Waals surface area (Å²) in [7, 11) is 4.08. The molecule has 1 aromatic carbocycles. The highest BCUT2D eigenvalue weighted by atomic mass is 16.2. The van der Waals surface area contributed by atoms with E-state index in [2.05, 4.69) is 45.5 Å². The molecule has 0 radical (unpaired) electrons. The lowest BCUT2D eigenvalue weighted by molar-refractivity contribution is 0.110. The van der Waals surface area contributed by atoms with Crippen LogP contribution in [0.3, 0.4) is 0 Å². The number of nitrogens with one attached hydrogen (secondary N) is 1. The molecule has 2 amide bonds. The van der Waals surface area contributed by atoms with Gasteiger partial charge in [-0.25, -0.2) is 9.78 Å². The maximum Gasteiger partial charge on any atom is 0.323 e. The van der Waals surface area contributed by atoms with Gasteiger partial charge in [0.05, 0.1) is 6.20 Å². The molecule has 2 aliphatic rings. The molecule has 2 aromatic heterocycles. The molecule has 4 heterocycles. The minimum atomic E-state index is -0.0553. The summed E-state index contributed by atoms with van der Waals surface area (Å²) in [5.74, 6) is 0.590. The van der Waals surface area contributed by atoms with Crippen LogP contribution in [0.1, 0.15) is 14.3 Å².